The summed E-state index contributed by atoms with van der Waals surface area (Å²) in [6, 6.07) is 0. The van der Waals surface area contributed by atoms with Crippen molar-refractivity contribution in [3.8, 4) is 0 Å². The fraction of sp³-hybridized carbons (Fsp3) is 0.571. The summed E-state index contributed by atoms with van der Waals surface area (Å²) in [6.07, 6.45) is 1.67. The zero-order valence-electron chi connectivity index (χ0n) is 7.45. The predicted molar refractivity (Wildman–Crippen MR) is 47.1 cm³/mol. The van der Waals surface area contributed by atoms with Crippen molar-refractivity contribution in [2.24, 2.45) is 0 Å². The highest BCUT2D eigenvalue weighted by atomic mass is 16.3. The molecule has 0 aliphatic carbocycles. The van der Waals surface area contributed by atoms with Crippen LogP contribution in [0.3, 0.4) is 0 Å². The van der Waals surface area contributed by atoms with E-state index in [2.05, 4.69) is 15.6 Å². The van der Waals surface area contributed by atoms with Crippen molar-refractivity contribution in [3.05, 3.63) is 17.1 Å². The summed E-state index contributed by atoms with van der Waals surface area (Å²) >= 11 is 0. The molecule has 0 rings (SSSR count). The average molecular weight is 185 g/mol. The molecular weight excluding hydrogens is 172 g/mol. The minimum Gasteiger partial charge on any atom is -0.489 e. The molecule has 6 heteroatoms. The standard InChI is InChI=1S/C7H12N4O2/c1-2-3-9-4-6(12)11-7(13)5-10-8/h5,9H,2-4H2,1H3,(H-,11,12,13)/p+1/b7-5-. The van der Waals surface area contributed by atoms with Crippen molar-refractivity contribution in [2.75, 3.05) is 13.1 Å². The molecule has 6 nitrogen and oxygen atoms in total. The van der Waals surface area contributed by atoms with E-state index in [1.54, 1.807) is 0 Å². The Bertz CT molecular complexity index is 231. The third-order valence-electron chi connectivity index (χ3n) is 1.16. The van der Waals surface area contributed by atoms with Gasteiger partial charge in [0.05, 0.1) is 6.54 Å². The zero-order chi connectivity index (χ0) is 10.1. The molecule has 0 heterocycles. The van der Waals surface area contributed by atoms with Gasteiger partial charge in [-0.2, -0.15) is 0 Å². The molecule has 13 heavy (non-hydrogen) atoms. The Balaban J connectivity index is 3.63. The number of carbonyl (C=O) groups excluding carboxylic acids is 1. The van der Waals surface area contributed by atoms with Gasteiger partial charge in [-0.25, -0.2) is 0 Å². The van der Waals surface area contributed by atoms with Crippen molar-refractivity contribution >= 4 is 5.91 Å². The number of rotatable bonds is 5. The van der Waals surface area contributed by atoms with E-state index >= 15 is 0 Å². The van der Waals surface area contributed by atoms with Crippen molar-refractivity contribution in [2.45, 2.75) is 13.3 Å². The van der Waals surface area contributed by atoms with Gasteiger partial charge in [0.2, 0.25) is 11.3 Å². The van der Waals surface area contributed by atoms with E-state index in [1.165, 1.54) is 0 Å². The lowest BCUT2D eigenvalue weighted by atomic mass is 10.4. The van der Waals surface area contributed by atoms with Crippen LogP contribution in [0.4, 0.5) is 0 Å². The van der Waals surface area contributed by atoms with Gasteiger partial charge in [0.15, 0.2) is 4.98 Å². The van der Waals surface area contributed by atoms with E-state index in [-0.39, 0.29) is 12.5 Å². The van der Waals surface area contributed by atoms with E-state index in [0.717, 1.165) is 19.2 Å². The lowest BCUT2D eigenvalue weighted by Gasteiger charge is -2.01. The van der Waals surface area contributed by atoms with E-state index in [9.17, 15) is 4.79 Å². The highest BCUT2D eigenvalue weighted by molar-refractivity contribution is 5.79. The van der Waals surface area contributed by atoms with Crippen molar-refractivity contribution in [1.29, 1.82) is 5.39 Å². The Morgan fingerprint density at radius 3 is 2.92 bits per heavy atom. The average Bonchev–Trinajstić information content (AvgIpc) is 2.05. The summed E-state index contributed by atoms with van der Waals surface area (Å²) in [4.78, 5) is 13.4. The molecule has 0 aromatic rings. The van der Waals surface area contributed by atoms with Crippen LogP contribution in [0.1, 0.15) is 13.3 Å². The number of nitrogens with one attached hydrogen (secondary N) is 2. The normalized spacial score (nSPS) is 10.6. The monoisotopic (exact) mass is 185 g/mol. The summed E-state index contributed by atoms with van der Waals surface area (Å²) in [5.41, 5.74) is 0. The number of hydrogen-bond donors (Lipinski definition) is 3. The fourth-order valence-electron chi connectivity index (χ4n) is 0.653. The fourth-order valence-corrected chi connectivity index (χ4v) is 0.653. The van der Waals surface area contributed by atoms with Crippen LogP contribution in [0, 0.1) is 5.39 Å². The second kappa shape index (κ2) is 7.06. The molecule has 0 saturated carbocycles. The number of diazo groups is 1. The first-order valence-electron chi connectivity index (χ1n) is 3.94. The Hall–Kier alpha value is -1.61. The molecule has 0 spiro atoms. The number of nitrogens with zero attached hydrogens (tertiary/aromatic N) is 2. The number of aliphatic hydroxyl groups excluding tert-OH is 1. The summed E-state index contributed by atoms with van der Waals surface area (Å²) in [6.45, 7) is 2.84. The van der Waals surface area contributed by atoms with Crippen LogP contribution in [-0.2, 0) is 4.79 Å². The number of carbonyl (C=O) groups is 1. The lowest BCUT2D eigenvalue weighted by molar-refractivity contribution is -0.120. The van der Waals surface area contributed by atoms with E-state index in [4.69, 9.17) is 10.5 Å². The SMILES string of the molecule is CCCNCC(=O)N/C(O)=C/[N+]#N. The van der Waals surface area contributed by atoms with Crippen LogP contribution in [0.5, 0.6) is 0 Å². The molecule has 0 aliphatic heterocycles. The lowest BCUT2D eigenvalue weighted by Crippen LogP contribution is -2.33. The minimum atomic E-state index is -0.481. The molecule has 3 N–H and O–H groups in total. The molecule has 0 aromatic heterocycles. The molecule has 0 saturated heterocycles. The van der Waals surface area contributed by atoms with E-state index < -0.39 is 5.88 Å². The van der Waals surface area contributed by atoms with Gasteiger partial charge >= 0.3 is 6.20 Å². The van der Waals surface area contributed by atoms with Crippen LogP contribution >= 0.6 is 0 Å². The number of hydrogen-bond acceptors (Lipinski definition) is 4. The van der Waals surface area contributed by atoms with Gasteiger partial charge in [0.25, 0.3) is 5.88 Å². The summed E-state index contributed by atoms with van der Waals surface area (Å²) in [7, 11) is 0. The molecule has 0 aliphatic rings. The molecule has 0 unspecified atom stereocenters. The largest absolute Gasteiger partial charge is 0.489 e. The highest BCUT2D eigenvalue weighted by Crippen LogP contribution is 1.81. The third-order valence-corrected chi connectivity index (χ3v) is 1.16. The predicted octanol–water partition coefficient (Wildman–Crippen LogP) is 0.312. The summed E-state index contributed by atoms with van der Waals surface area (Å²) in [5, 5.41) is 21.7. The zero-order valence-corrected chi connectivity index (χ0v) is 7.45. The minimum absolute atomic E-state index is 0.122. The van der Waals surface area contributed by atoms with Crippen LogP contribution in [0.15, 0.2) is 12.1 Å². The van der Waals surface area contributed by atoms with Gasteiger partial charge in [-0.15, -0.1) is 0 Å². The van der Waals surface area contributed by atoms with Crippen LogP contribution in [0.2, 0.25) is 0 Å². The molecule has 1 amide bonds. The second-order valence-electron chi connectivity index (χ2n) is 2.35. The smallest absolute Gasteiger partial charge is 0.409 e. The highest BCUT2D eigenvalue weighted by Gasteiger charge is 2.04. The van der Waals surface area contributed by atoms with Crippen molar-refractivity contribution in [3.63, 3.8) is 0 Å². The Kier molecular flexibility index (Phi) is 6.19. The van der Waals surface area contributed by atoms with Gasteiger partial charge in [-0.1, -0.05) is 6.92 Å². The topological polar surface area (TPSA) is 89.5 Å². The summed E-state index contributed by atoms with van der Waals surface area (Å²) < 4.78 is 0. The maximum atomic E-state index is 10.9. The second-order valence-corrected chi connectivity index (χ2v) is 2.35. The maximum absolute atomic E-state index is 10.9. The first-order valence-corrected chi connectivity index (χ1v) is 3.94. The Morgan fingerprint density at radius 1 is 1.69 bits per heavy atom. The van der Waals surface area contributed by atoms with Gasteiger partial charge in [-0.3, -0.25) is 10.1 Å². The molecule has 0 fully saturated rings. The van der Waals surface area contributed by atoms with Gasteiger partial charge in [0.1, 0.15) is 0 Å². The molecule has 0 aromatic carbocycles. The molecule has 72 valence electrons. The number of amides is 1. The number of aliphatic hydroxyl groups is 1. The first kappa shape index (κ1) is 11.4. The van der Waals surface area contributed by atoms with E-state index in [0.29, 0.717) is 0 Å². The molecule has 0 radical (unpaired) electrons. The van der Waals surface area contributed by atoms with Crippen LogP contribution in [-0.4, -0.2) is 24.1 Å². The van der Waals surface area contributed by atoms with Gasteiger partial charge in [-0.05, 0) is 13.0 Å². The van der Waals surface area contributed by atoms with E-state index in [1.807, 2.05) is 6.92 Å². The van der Waals surface area contributed by atoms with Crippen molar-refractivity contribution in [1.82, 2.24) is 10.6 Å². The molecular formula is C7H13N4O2+. The van der Waals surface area contributed by atoms with Crippen LogP contribution in [0.25, 0.3) is 4.98 Å². The third kappa shape index (κ3) is 6.77. The molecule has 0 atom stereocenters. The van der Waals surface area contributed by atoms with Crippen molar-refractivity contribution < 1.29 is 9.90 Å². The quantitative estimate of drug-likeness (QED) is 0.327. The Labute approximate surface area is 76.3 Å². The van der Waals surface area contributed by atoms with Gasteiger partial charge < -0.3 is 10.4 Å². The molecule has 0 bridgehead atoms. The maximum Gasteiger partial charge on any atom is 0.409 e. The Morgan fingerprint density at radius 2 is 2.38 bits per heavy atom. The van der Waals surface area contributed by atoms with Gasteiger partial charge in [0, 0.05) is 0 Å². The first-order chi connectivity index (χ1) is 6.20. The van der Waals surface area contributed by atoms with Crippen LogP contribution < -0.4 is 10.6 Å². The summed E-state index contributed by atoms with van der Waals surface area (Å²) in [5.74, 6) is -0.864.